The number of rotatable bonds is 0. The average Bonchev–Trinajstić information content (AvgIpc) is 2.41. The highest BCUT2D eigenvalue weighted by Gasteiger charge is 2.31. The Morgan fingerprint density at radius 3 is 2.91 bits per heavy atom. The van der Waals surface area contributed by atoms with E-state index in [9.17, 15) is 4.79 Å². The third-order valence-electron chi connectivity index (χ3n) is 1.93. The zero-order valence-corrected chi connectivity index (χ0v) is 6.38. The van der Waals surface area contributed by atoms with Crippen molar-refractivity contribution < 1.29 is 13.9 Å². The molecule has 1 atom stereocenters. The fourth-order valence-electron chi connectivity index (χ4n) is 1.32. The predicted molar refractivity (Wildman–Crippen MR) is 37.3 cm³/mol. The van der Waals surface area contributed by atoms with Gasteiger partial charge in [-0.25, -0.2) is 4.79 Å². The van der Waals surface area contributed by atoms with Crippen molar-refractivity contribution in [3.63, 3.8) is 0 Å². The molecular formula is C8H8O3. The van der Waals surface area contributed by atoms with Crippen LogP contribution in [0.2, 0.25) is 0 Å². The third-order valence-corrected chi connectivity index (χ3v) is 1.93. The summed E-state index contributed by atoms with van der Waals surface area (Å²) in [5.74, 6) is 0.383. The van der Waals surface area contributed by atoms with Crippen LogP contribution in [0.25, 0.3) is 0 Å². The second-order valence-electron chi connectivity index (χ2n) is 2.67. The van der Waals surface area contributed by atoms with Crippen LogP contribution in [0.15, 0.2) is 10.7 Å². The molecule has 0 aliphatic carbocycles. The van der Waals surface area contributed by atoms with Crippen LogP contribution in [-0.4, -0.2) is 5.97 Å². The van der Waals surface area contributed by atoms with Crippen molar-refractivity contribution >= 4 is 5.97 Å². The second kappa shape index (κ2) is 1.87. The zero-order chi connectivity index (χ0) is 8.01. The minimum absolute atomic E-state index is 0.144. The van der Waals surface area contributed by atoms with Gasteiger partial charge in [-0.15, -0.1) is 0 Å². The quantitative estimate of drug-likeness (QED) is 0.532. The number of cyclic esters (lactones) is 1. The molecule has 3 heteroatoms. The van der Waals surface area contributed by atoms with E-state index in [1.165, 1.54) is 0 Å². The Hall–Kier alpha value is -1.25. The normalized spacial score (nSPS) is 21.6. The Morgan fingerprint density at radius 2 is 2.27 bits per heavy atom. The van der Waals surface area contributed by atoms with Crippen molar-refractivity contribution in [1.82, 2.24) is 0 Å². The van der Waals surface area contributed by atoms with Crippen LogP contribution < -0.4 is 0 Å². The highest BCUT2D eigenvalue weighted by atomic mass is 16.5. The summed E-state index contributed by atoms with van der Waals surface area (Å²) >= 11 is 0. The van der Waals surface area contributed by atoms with Gasteiger partial charge >= 0.3 is 5.97 Å². The minimum Gasteiger partial charge on any atom is -0.468 e. The summed E-state index contributed by atoms with van der Waals surface area (Å²) in [6, 6.07) is 0. The van der Waals surface area contributed by atoms with E-state index < -0.39 is 0 Å². The second-order valence-corrected chi connectivity index (χ2v) is 2.67. The molecule has 2 heterocycles. The molecule has 1 aliphatic heterocycles. The van der Waals surface area contributed by atoms with Crippen molar-refractivity contribution in [2.24, 2.45) is 0 Å². The Bertz CT molecular complexity index is 311. The van der Waals surface area contributed by atoms with Crippen molar-refractivity contribution in [2.75, 3.05) is 0 Å². The van der Waals surface area contributed by atoms with Crippen LogP contribution >= 0.6 is 0 Å². The third kappa shape index (κ3) is 0.707. The fourth-order valence-corrected chi connectivity index (χ4v) is 1.32. The van der Waals surface area contributed by atoms with E-state index in [0.29, 0.717) is 11.3 Å². The van der Waals surface area contributed by atoms with Crippen molar-refractivity contribution in [3.05, 3.63) is 23.2 Å². The molecular weight excluding hydrogens is 144 g/mol. The molecule has 0 N–H and O–H groups in total. The number of aryl methyl sites for hydroxylation is 1. The summed E-state index contributed by atoms with van der Waals surface area (Å²) in [5.41, 5.74) is 1.48. The van der Waals surface area contributed by atoms with E-state index >= 15 is 0 Å². The van der Waals surface area contributed by atoms with Gasteiger partial charge in [0.1, 0.15) is 17.4 Å². The number of ether oxygens (including phenoxy) is 1. The van der Waals surface area contributed by atoms with Gasteiger partial charge in [0.2, 0.25) is 0 Å². The average molecular weight is 152 g/mol. The number of furan rings is 1. The van der Waals surface area contributed by atoms with Gasteiger partial charge in [0.25, 0.3) is 0 Å². The lowest BCUT2D eigenvalue weighted by atomic mass is 10.1. The van der Waals surface area contributed by atoms with Crippen LogP contribution in [0, 0.1) is 6.92 Å². The van der Waals surface area contributed by atoms with Crippen LogP contribution in [0.5, 0.6) is 0 Å². The molecule has 0 amide bonds. The first kappa shape index (κ1) is 6.46. The maximum Gasteiger partial charge on any atom is 0.342 e. The maximum absolute atomic E-state index is 11.1. The summed E-state index contributed by atoms with van der Waals surface area (Å²) in [7, 11) is 0. The van der Waals surface area contributed by atoms with Gasteiger partial charge in [0, 0.05) is 5.56 Å². The summed E-state index contributed by atoms with van der Waals surface area (Å²) in [6.45, 7) is 3.59. The monoisotopic (exact) mass is 152 g/mol. The van der Waals surface area contributed by atoms with E-state index in [0.717, 1.165) is 5.56 Å². The SMILES string of the molecule is Cc1occ2c1C(=O)OC2C. The number of carbonyl (C=O) groups is 1. The Balaban J connectivity index is 2.63. The molecule has 58 valence electrons. The number of hydrogen-bond donors (Lipinski definition) is 0. The van der Waals surface area contributed by atoms with Crippen LogP contribution in [0.3, 0.4) is 0 Å². The Morgan fingerprint density at radius 1 is 1.55 bits per heavy atom. The van der Waals surface area contributed by atoms with Crippen molar-refractivity contribution in [2.45, 2.75) is 20.0 Å². The molecule has 0 bridgehead atoms. The molecule has 0 fully saturated rings. The van der Waals surface area contributed by atoms with E-state index in [1.54, 1.807) is 13.2 Å². The number of carbonyl (C=O) groups excluding carboxylic acids is 1. The zero-order valence-electron chi connectivity index (χ0n) is 6.38. The molecule has 0 saturated carbocycles. The smallest absolute Gasteiger partial charge is 0.342 e. The molecule has 1 unspecified atom stereocenters. The van der Waals surface area contributed by atoms with Gasteiger partial charge in [-0.05, 0) is 13.8 Å². The largest absolute Gasteiger partial charge is 0.468 e. The van der Waals surface area contributed by atoms with Gasteiger partial charge in [-0.2, -0.15) is 0 Å². The fraction of sp³-hybridized carbons (Fsp3) is 0.375. The van der Waals surface area contributed by atoms with Crippen LogP contribution in [0.4, 0.5) is 0 Å². The van der Waals surface area contributed by atoms with E-state index in [-0.39, 0.29) is 12.1 Å². The van der Waals surface area contributed by atoms with Crippen LogP contribution in [-0.2, 0) is 4.74 Å². The van der Waals surface area contributed by atoms with E-state index in [1.807, 2.05) is 6.92 Å². The van der Waals surface area contributed by atoms with Gasteiger partial charge in [-0.3, -0.25) is 0 Å². The highest BCUT2D eigenvalue weighted by Crippen LogP contribution is 2.33. The van der Waals surface area contributed by atoms with Gasteiger partial charge in [-0.1, -0.05) is 0 Å². The topological polar surface area (TPSA) is 39.4 Å². The Kier molecular flexibility index (Phi) is 1.10. The molecule has 0 spiro atoms. The highest BCUT2D eigenvalue weighted by molar-refractivity contribution is 5.94. The standard InChI is InChI=1S/C8H8O3/c1-4-6-3-10-5(2)7(6)8(9)11-4/h3-4H,1-2H3. The minimum atomic E-state index is -0.265. The summed E-state index contributed by atoms with van der Waals surface area (Å²) < 4.78 is 10.0. The van der Waals surface area contributed by atoms with Gasteiger partial charge < -0.3 is 9.15 Å². The summed E-state index contributed by atoms with van der Waals surface area (Å²) in [4.78, 5) is 11.1. The maximum atomic E-state index is 11.1. The molecule has 0 radical (unpaired) electrons. The lowest BCUT2D eigenvalue weighted by Gasteiger charge is -1.98. The van der Waals surface area contributed by atoms with Gasteiger partial charge in [0.05, 0.1) is 6.26 Å². The number of hydrogen-bond acceptors (Lipinski definition) is 3. The first-order valence-corrected chi connectivity index (χ1v) is 3.49. The molecule has 0 saturated heterocycles. The van der Waals surface area contributed by atoms with Crippen LogP contribution in [0.1, 0.15) is 34.7 Å². The van der Waals surface area contributed by atoms with E-state index in [2.05, 4.69) is 0 Å². The van der Waals surface area contributed by atoms with E-state index in [4.69, 9.17) is 9.15 Å². The first-order chi connectivity index (χ1) is 5.20. The molecule has 3 nitrogen and oxygen atoms in total. The molecule has 1 aromatic rings. The number of esters is 1. The van der Waals surface area contributed by atoms with Crippen molar-refractivity contribution in [1.29, 1.82) is 0 Å². The number of fused-ring (bicyclic) bond motifs is 1. The molecule has 2 rings (SSSR count). The molecule has 0 aromatic carbocycles. The van der Waals surface area contributed by atoms with Gasteiger partial charge in [0.15, 0.2) is 0 Å². The summed E-state index contributed by atoms with van der Waals surface area (Å²) in [5, 5.41) is 0. The molecule has 1 aliphatic rings. The molecule has 11 heavy (non-hydrogen) atoms. The van der Waals surface area contributed by atoms with Crippen molar-refractivity contribution in [3.8, 4) is 0 Å². The predicted octanol–water partition coefficient (Wildman–Crippen LogP) is 1.82. The lowest BCUT2D eigenvalue weighted by molar-refractivity contribution is 0.0414. The summed E-state index contributed by atoms with van der Waals surface area (Å²) in [6.07, 6.45) is 1.44. The molecule has 1 aromatic heterocycles. The first-order valence-electron chi connectivity index (χ1n) is 3.49. The lowest BCUT2D eigenvalue weighted by Crippen LogP contribution is -1.96. The Labute approximate surface area is 64.0 Å².